The van der Waals surface area contributed by atoms with Gasteiger partial charge in [-0.15, -0.1) is 11.6 Å². The van der Waals surface area contributed by atoms with Crippen molar-refractivity contribution < 1.29 is 18.8 Å². The molecule has 112 valence electrons. The number of alkyl halides is 1. The molecular formula is C13H13ClFN3O3. The second-order valence-corrected chi connectivity index (χ2v) is 4.79. The molecular weight excluding hydrogens is 301 g/mol. The van der Waals surface area contributed by atoms with Gasteiger partial charge < -0.3 is 10.6 Å². The smallest absolute Gasteiger partial charge is 0.249 e. The lowest BCUT2D eigenvalue weighted by Gasteiger charge is -2.23. The zero-order valence-electron chi connectivity index (χ0n) is 10.9. The van der Waals surface area contributed by atoms with Crippen molar-refractivity contribution >= 4 is 40.7 Å². The van der Waals surface area contributed by atoms with Crippen LogP contribution in [0.25, 0.3) is 0 Å². The van der Waals surface area contributed by atoms with Crippen molar-refractivity contribution in [2.45, 2.75) is 18.9 Å². The zero-order valence-corrected chi connectivity index (χ0v) is 11.7. The largest absolute Gasteiger partial charge is 0.374 e. The van der Waals surface area contributed by atoms with Gasteiger partial charge in [0.05, 0.1) is 5.69 Å². The van der Waals surface area contributed by atoms with Crippen LogP contribution in [0.15, 0.2) is 18.2 Å². The minimum absolute atomic E-state index is 0.0297. The van der Waals surface area contributed by atoms with Crippen LogP contribution in [0.2, 0.25) is 0 Å². The van der Waals surface area contributed by atoms with Gasteiger partial charge in [0.25, 0.3) is 0 Å². The Bertz CT molecular complexity index is 594. The fraction of sp³-hybridized carbons (Fsp3) is 0.308. The number of imide groups is 1. The van der Waals surface area contributed by atoms with Crippen LogP contribution in [0.5, 0.6) is 0 Å². The van der Waals surface area contributed by atoms with Crippen LogP contribution >= 0.6 is 11.6 Å². The summed E-state index contributed by atoms with van der Waals surface area (Å²) in [6, 6.07) is 3.39. The van der Waals surface area contributed by atoms with Crippen molar-refractivity contribution in [3.05, 3.63) is 24.0 Å². The molecule has 1 atom stereocenters. The van der Waals surface area contributed by atoms with Gasteiger partial charge in [-0.05, 0) is 24.6 Å². The Balaban J connectivity index is 2.10. The van der Waals surface area contributed by atoms with E-state index in [1.807, 2.05) is 0 Å². The summed E-state index contributed by atoms with van der Waals surface area (Å²) >= 11 is 5.35. The number of carbonyl (C=O) groups is 3. The summed E-state index contributed by atoms with van der Waals surface area (Å²) < 4.78 is 13.6. The fourth-order valence-corrected chi connectivity index (χ4v) is 1.99. The molecule has 0 aliphatic carbocycles. The average Bonchev–Trinajstić information content (AvgIpc) is 2.45. The van der Waals surface area contributed by atoms with Crippen LogP contribution in [0.3, 0.4) is 0 Å². The number of halogens is 2. The Morgan fingerprint density at radius 3 is 2.86 bits per heavy atom. The van der Waals surface area contributed by atoms with Crippen LogP contribution < -0.4 is 16.0 Å². The van der Waals surface area contributed by atoms with E-state index in [1.54, 1.807) is 0 Å². The van der Waals surface area contributed by atoms with E-state index in [4.69, 9.17) is 11.6 Å². The zero-order chi connectivity index (χ0) is 15.4. The van der Waals surface area contributed by atoms with Gasteiger partial charge >= 0.3 is 0 Å². The molecule has 0 bridgehead atoms. The van der Waals surface area contributed by atoms with Crippen molar-refractivity contribution in [2.24, 2.45) is 0 Å². The molecule has 6 nitrogen and oxygen atoms in total. The quantitative estimate of drug-likeness (QED) is 0.576. The van der Waals surface area contributed by atoms with Crippen LogP contribution in [0.1, 0.15) is 12.8 Å². The molecule has 1 aliphatic heterocycles. The number of hydrogen-bond acceptors (Lipinski definition) is 4. The number of hydrogen-bond donors (Lipinski definition) is 3. The highest BCUT2D eigenvalue weighted by atomic mass is 35.5. The van der Waals surface area contributed by atoms with Crippen molar-refractivity contribution in [3.63, 3.8) is 0 Å². The lowest BCUT2D eigenvalue weighted by atomic mass is 10.1. The summed E-state index contributed by atoms with van der Waals surface area (Å²) in [5.41, 5.74) is 0.425. The topological polar surface area (TPSA) is 87.3 Å². The molecule has 1 aromatic carbocycles. The van der Waals surface area contributed by atoms with E-state index >= 15 is 0 Å². The van der Waals surface area contributed by atoms with Crippen LogP contribution in [0, 0.1) is 5.82 Å². The lowest BCUT2D eigenvalue weighted by Crippen LogP contribution is -2.47. The minimum atomic E-state index is -0.609. The van der Waals surface area contributed by atoms with Gasteiger partial charge in [-0.25, -0.2) is 4.39 Å². The average molecular weight is 314 g/mol. The van der Waals surface area contributed by atoms with E-state index in [-0.39, 0.29) is 23.9 Å². The number of anilines is 2. The van der Waals surface area contributed by atoms with Gasteiger partial charge in [0.1, 0.15) is 17.7 Å². The molecule has 1 aromatic rings. The Labute approximate surface area is 125 Å². The molecule has 2 rings (SSSR count). The first-order valence-corrected chi connectivity index (χ1v) is 6.78. The number of benzene rings is 1. The molecule has 1 aliphatic rings. The molecule has 0 radical (unpaired) electrons. The maximum Gasteiger partial charge on any atom is 0.249 e. The first-order valence-electron chi connectivity index (χ1n) is 6.25. The normalized spacial score (nSPS) is 18.1. The van der Waals surface area contributed by atoms with Crippen LogP contribution in [-0.2, 0) is 14.4 Å². The van der Waals surface area contributed by atoms with Crippen molar-refractivity contribution in [3.8, 4) is 0 Å². The second-order valence-electron chi connectivity index (χ2n) is 4.52. The van der Waals surface area contributed by atoms with Gasteiger partial charge in [0.2, 0.25) is 17.7 Å². The van der Waals surface area contributed by atoms with Crippen LogP contribution in [0.4, 0.5) is 15.8 Å². The predicted molar refractivity (Wildman–Crippen MR) is 75.5 cm³/mol. The minimum Gasteiger partial charge on any atom is -0.374 e. The standard InChI is InChI=1S/C13H13ClFN3O3/c14-6-12(20)17-10-5-7(1-2-8(10)15)16-9-3-4-11(19)18-13(9)21/h1-2,5,9,16H,3-4,6H2,(H,17,20)(H,18,19,21). The monoisotopic (exact) mass is 313 g/mol. The first kappa shape index (κ1) is 15.2. The summed E-state index contributed by atoms with van der Waals surface area (Å²) in [5.74, 6) is -2.17. The summed E-state index contributed by atoms with van der Waals surface area (Å²) in [6.07, 6.45) is 0.589. The third-order valence-corrected chi connectivity index (χ3v) is 3.18. The third kappa shape index (κ3) is 3.91. The Kier molecular flexibility index (Phi) is 4.74. The predicted octanol–water partition coefficient (Wildman–Crippen LogP) is 1.22. The Morgan fingerprint density at radius 1 is 1.43 bits per heavy atom. The summed E-state index contributed by atoms with van der Waals surface area (Å²) in [5, 5.41) is 7.43. The van der Waals surface area contributed by atoms with Gasteiger partial charge in [0.15, 0.2) is 0 Å². The van der Waals surface area contributed by atoms with Crippen molar-refractivity contribution in [2.75, 3.05) is 16.5 Å². The first-order chi connectivity index (χ1) is 9.99. The summed E-state index contributed by atoms with van der Waals surface area (Å²) in [6.45, 7) is 0. The van der Waals surface area contributed by atoms with Gasteiger partial charge in [-0.1, -0.05) is 0 Å². The Hall–Kier alpha value is -2.15. The number of amides is 3. The number of piperidine rings is 1. The SMILES string of the molecule is O=C1CCC(Nc2ccc(F)c(NC(=O)CCl)c2)C(=O)N1. The highest BCUT2D eigenvalue weighted by molar-refractivity contribution is 6.29. The molecule has 1 unspecified atom stereocenters. The van der Waals surface area contributed by atoms with E-state index in [0.29, 0.717) is 12.1 Å². The number of carbonyl (C=O) groups excluding carboxylic acids is 3. The molecule has 3 amide bonds. The van der Waals surface area contributed by atoms with E-state index < -0.39 is 23.7 Å². The molecule has 1 fully saturated rings. The highest BCUT2D eigenvalue weighted by Gasteiger charge is 2.26. The number of rotatable bonds is 4. The molecule has 3 N–H and O–H groups in total. The van der Waals surface area contributed by atoms with E-state index in [2.05, 4.69) is 16.0 Å². The van der Waals surface area contributed by atoms with Crippen molar-refractivity contribution in [1.82, 2.24) is 5.32 Å². The molecule has 8 heteroatoms. The lowest BCUT2D eigenvalue weighted by molar-refractivity contribution is -0.133. The fourth-order valence-electron chi connectivity index (χ4n) is 1.93. The van der Waals surface area contributed by atoms with Gasteiger partial charge in [-0.2, -0.15) is 0 Å². The van der Waals surface area contributed by atoms with Gasteiger partial charge in [0, 0.05) is 12.1 Å². The second kappa shape index (κ2) is 6.53. The molecule has 1 saturated heterocycles. The van der Waals surface area contributed by atoms with Gasteiger partial charge in [-0.3, -0.25) is 19.7 Å². The Morgan fingerprint density at radius 2 is 2.19 bits per heavy atom. The molecule has 0 aromatic heterocycles. The van der Waals surface area contributed by atoms with E-state index in [9.17, 15) is 18.8 Å². The highest BCUT2D eigenvalue weighted by Crippen LogP contribution is 2.21. The molecule has 1 heterocycles. The molecule has 0 spiro atoms. The maximum absolute atomic E-state index is 13.6. The maximum atomic E-state index is 13.6. The van der Waals surface area contributed by atoms with Crippen molar-refractivity contribution in [1.29, 1.82) is 0 Å². The number of nitrogens with one attached hydrogen (secondary N) is 3. The third-order valence-electron chi connectivity index (χ3n) is 2.94. The molecule has 0 saturated carbocycles. The summed E-state index contributed by atoms with van der Waals surface area (Å²) in [7, 11) is 0. The summed E-state index contributed by atoms with van der Waals surface area (Å²) in [4.78, 5) is 33.9. The van der Waals surface area contributed by atoms with E-state index in [0.717, 1.165) is 6.07 Å². The van der Waals surface area contributed by atoms with Crippen LogP contribution in [-0.4, -0.2) is 29.6 Å². The molecule has 21 heavy (non-hydrogen) atoms. The van der Waals surface area contributed by atoms with E-state index in [1.165, 1.54) is 12.1 Å².